The second-order valence-corrected chi connectivity index (χ2v) is 5.01. The lowest BCUT2D eigenvalue weighted by Crippen LogP contribution is -2.35. The first kappa shape index (κ1) is 15.1. The minimum Gasteiger partial charge on any atom is -0.399 e. The first-order valence-electron chi connectivity index (χ1n) is 7.23. The van der Waals surface area contributed by atoms with Gasteiger partial charge in [-0.25, -0.2) is 0 Å². The minimum absolute atomic E-state index is 0.0894. The highest BCUT2D eigenvalue weighted by Crippen LogP contribution is 2.25. The van der Waals surface area contributed by atoms with E-state index in [0.29, 0.717) is 5.69 Å². The van der Waals surface area contributed by atoms with Gasteiger partial charge in [0.1, 0.15) is 0 Å². The van der Waals surface area contributed by atoms with Crippen molar-refractivity contribution in [2.45, 2.75) is 20.8 Å². The number of likely N-dealkylation sites (N-methyl/N-ethyl adjacent to an activating group) is 1. The van der Waals surface area contributed by atoms with Gasteiger partial charge < -0.3 is 16.0 Å². The Hall–Kier alpha value is -2.30. The molecular weight excluding hydrogens is 264 g/mol. The van der Waals surface area contributed by atoms with Gasteiger partial charge in [-0.2, -0.15) is 0 Å². The van der Waals surface area contributed by atoms with Crippen LogP contribution in [0.25, 0.3) is 10.9 Å². The molecule has 0 fully saturated rings. The molecule has 0 aliphatic heterocycles. The number of carbonyl (C=O) groups is 1. The van der Waals surface area contributed by atoms with Crippen molar-refractivity contribution in [3.63, 3.8) is 0 Å². The van der Waals surface area contributed by atoms with Crippen molar-refractivity contribution in [2.75, 3.05) is 30.7 Å². The topological polar surface area (TPSA) is 71.2 Å². The quantitative estimate of drug-likeness (QED) is 0.828. The summed E-state index contributed by atoms with van der Waals surface area (Å²) in [6.45, 7) is 7.62. The standard InChI is InChI=1S/C16H22N4O/c1-4-20(5-2)16(21)10-18-15-8-11(3)19-14-7-6-12(17)9-13(14)15/h6-9H,4-5,10,17H2,1-3H3,(H,18,19). The Balaban J connectivity index is 2.25. The third-order valence-corrected chi connectivity index (χ3v) is 3.51. The zero-order valence-electron chi connectivity index (χ0n) is 12.8. The predicted octanol–water partition coefficient (Wildman–Crippen LogP) is 2.41. The Labute approximate surface area is 125 Å². The molecule has 112 valence electrons. The number of hydrogen-bond donors (Lipinski definition) is 2. The van der Waals surface area contributed by atoms with E-state index in [2.05, 4.69) is 10.3 Å². The summed E-state index contributed by atoms with van der Waals surface area (Å²) in [7, 11) is 0. The molecule has 21 heavy (non-hydrogen) atoms. The molecule has 5 heteroatoms. The number of nitrogens with one attached hydrogen (secondary N) is 1. The molecule has 1 amide bonds. The van der Waals surface area contributed by atoms with Crippen LogP contribution in [0.15, 0.2) is 24.3 Å². The number of nitrogen functional groups attached to an aromatic ring is 1. The Bertz CT molecular complexity index is 650. The van der Waals surface area contributed by atoms with Crippen molar-refractivity contribution in [3.05, 3.63) is 30.0 Å². The van der Waals surface area contributed by atoms with Crippen LogP contribution in [0.4, 0.5) is 11.4 Å². The molecule has 2 rings (SSSR count). The van der Waals surface area contributed by atoms with E-state index < -0.39 is 0 Å². The number of nitrogens with zero attached hydrogens (tertiary/aromatic N) is 2. The molecule has 1 aromatic heterocycles. The molecule has 0 saturated carbocycles. The smallest absolute Gasteiger partial charge is 0.241 e. The summed E-state index contributed by atoms with van der Waals surface area (Å²) in [5.41, 5.74) is 9.21. The molecule has 0 saturated heterocycles. The van der Waals surface area contributed by atoms with E-state index in [1.54, 1.807) is 4.90 Å². The number of aryl methyl sites for hydroxylation is 1. The molecule has 0 unspecified atom stereocenters. The summed E-state index contributed by atoms with van der Waals surface area (Å²) >= 11 is 0. The van der Waals surface area contributed by atoms with E-state index in [1.165, 1.54) is 0 Å². The molecule has 3 N–H and O–H groups in total. The van der Waals surface area contributed by atoms with Crippen LogP contribution in [0.2, 0.25) is 0 Å². The van der Waals surface area contributed by atoms with Crippen molar-refractivity contribution in [1.29, 1.82) is 0 Å². The molecule has 0 spiro atoms. The van der Waals surface area contributed by atoms with Crippen LogP contribution in [0.5, 0.6) is 0 Å². The molecule has 0 radical (unpaired) electrons. The van der Waals surface area contributed by atoms with E-state index in [-0.39, 0.29) is 12.5 Å². The predicted molar refractivity (Wildman–Crippen MR) is 87.3 cm³/mol. The van der Waals surface area contributed by atoms with Crippen molar-refractivity contribution in [3.8, 4) is 0 Å². The monoisotopic (exact) mass is 286 g/mol. The van der Waals surface area contributed by atoms with E-state index in [0.717, 1.165) is 35.4 Å². The van der Waals surface area contributed by atoms with Crippen LogP contribution in [0.3, 0.4) is 0 Å². The SMILES string of the molecule is CCN(CC)C(=O)CNc1cc(C)nc2ccc(N)cc12. The highest BCUT2D eigenvalue weighted by Gasteiger charge is 2.10. The van der Waals surface area contributed by atoms with Gasteiger partial charge in [0.05, 0.1) is 12.1 Å². The molecule has 0 aliphatic carbocycles. The zero-order chi connectivity index (χ0) is 15.4. The van der Waals surface area contributed by atoms with E-state index >= 15 is 0 Å². The lowest BCUT2D eigenvalue weighted by molar-refractivity contribution is -0.128. The van der Waals surface area contributed by atoms with Gasteiger partial charge in [0.15, 0.2) is 0 Å². The van der Waals surface area contributed by atoms with Crippen LogP contribution in [-0.2, 0) is 4.79 Å². The number of hydrogen-bond acceptors (Lipinski definition) is 4. The van der Waals surface area contributed by atoms with Crippen molar-refractivity contribution >= 4 is 28.2 Å². The number of anilines is 2. The summed E-state index contributed by atoms with van der Waals surface area (Å²) in [4.78, 5) is 18.4. The number of carbonyl (C=O) groups excluding carboxylic acids is 1. The fraction of sp³-hybridized carbons (Fsp3) is 0.375. The van der Waals surface area contributed by atoms with Gasteiger partial charge in [-0.1, -0.05) is 0 Å². The second kappa shape index (κ2) is 6.43. The number of aromatic nitrogens is 1. The number of amides is 1. The Kier molecular flexibility index (Phi) is 4.62. The van der Waals surface area contributed by atoms with Gasteiger partial charge >= 0.3 is 0 Å². The fourth-order valence-corrected chi connectivity index (χ4v) is 2.38. The molecule has 1 aromatic carbocycles. The third kappa shape index (κ3) is 3.42. The molecule has 2 aromatic rings. The van der Waals surface area contributed by atoms with Gasteiger partial charge in [-0.05, 0) is 45.0 Å². The largest absolute Gasteiger partial charge is 0.399 e. The van der Waals surface area contributed by atoms with Crippen LogP contribution >= 0.6 is 0 Å². The Morgan fingerprint density at radius 3 is 2.67 bits per heavy atom. The van der Waals surface area contributed by atoms with Gasteiger partial charge in [0, 0.05) is 35.5 Å². The zero-order valence-corrected chi connectivity index (χ0v) is 12.8. The molecule has 5 nitrogen and oxygen atoms in total. The minimum atomic E-state index is 0.0894. The maximum atomic E-state index is 12.1. The summed E-state index contributed by atoms with van der Waals surface area (Å²) in [5, 5.41) is 4.16. The Morgan fingerprint density at radius 2 is 2.00 bits per heavy atom. The van der Waals surface area contributed by atoms with Crippen molar-refractivity contribution in [2.24, 2.45) is 0 Å². The maximum absolute atomic E-state index is 12.1. The maximum Gasteiger partial charge on any atom is 0.241 e. The second-order valence-electron chi connectivity index (χ2n) is 5.01. The number of rotatable bonds is 5. The summed E-state index contributed by atoms with van der Waals surface area (Å²) in [5.74, 6) is 0.0894. The van der Waals surface area contributed by atoms with Crippen molar-refractivity contribution < 1.29 is 4.79 Å². The van der Waals surface area contributed by atoms with Gasteiger partial charge in [0.2, 0.25) is 5.91 Å². The molecule has 0 aliphatic rings. The van der Waals surface area contributed by atoms with E-state index in [9.17, 15) is 4.79 Å². The number of pyridine rings is 1. The summed E-state index contributed by atoms with van der Waals surface area (Å²) in [6.07, 6.45) is 0. The van der Waals surface area contributed by atoms with Gasteiger partial charge in [-0.3, -0.25) is 9.78 Å². The summed E-state index contributed by atoms with van der Waals surface area (Å²) < 4.78 is 0. The van der Waals surface area contributed by atoms with Crippen LogP contribution in [0, 0.1) is 6.92 Å². The number of benzene rings is 1. The average molecular weight is 286 g/mol. The van der Waals surface area contributed by atoms with Crippen LogP contribution in [0.1, 0.15) is 19.5 Å². The first-order chi connectivity index (χ1) is 10.0. The number of nitrogens with two attached hydrogens (primary N) is 1. The summed E-state index contributed by atoms with van der Waals surface area (Å²) in [6, 6.07) is 7.55. The van der Waals surface area contributed by atoms with Gasteiger partial charge in [-0.15, -0.1) is 0 Å². The third-order valence-electron chi connectivity index (χ3n) is 3.51. The van der Waals surface area contributed by atoms with E-state index in [4.69, 9.17) is 5.73 Å². The molecular formula is C16H22N4O. The lowest BCUT2D eigenvalue weighted by Gasteiger charge is -2.19. The van der Waals surface area contributed by atoms with E-state index in [1.807, 2.05) is 45.0 Å². The van der Waals surface area contributed by atoms with Gasteiger partial charge in [0.25, 0.3) is 0 Å². The van der Waals surface area contributed by atoms with Crippen molar-refractivity contribution in [1.82, 2.24) is 9.88 Å². The lowest BCUT2D eigenvalue weighted by atomic mass is 10.1. The number of fused-ring (bicyclic) bond motifs is 1. The highest BCUT2D eigenvalue weighted by atomic mass is 16.2. The van der Waals surface area contributed by atoms with Crippen LogP contribution < -0.4 is 11.1 Å². The normalized spacial score (nSPS) is 10.6. The Morgan fingerprint density at radius 1 is 1.29 bits per heavy atom. The van der Waals surface area contributed by atoms with Crippen LogP contribution in [-0.4, -0.2) is 35.4 Å². The first-order valence-corrected chi connectivity index (χ1v) is 7.23. The fourth-order valence-electron chi connectivity index (χ4n) is 2.38. The molecule has 1 heterocycles. The molecule has 0 atom stereocenters. The average Bonchev–Trinajstić information content (AvgIpc) is 2.46. The molecule has 0 bridgehead atoms. The highest BCUT2D eigenvalue weighted by molar-refractivity contribution is 5.95.